The fraction of sp³-hybridized carbons (Fsp3) is 0.533. The Kier molecular flexibility index (Phi) is 5.90. The molecule has 1 aliphatic heterocycles. The summed E-state index contributed by atoms with van der Waals surface area (Å²) in [5, 5.41) is 4.12. The molecule has 1 fully saturated rings. The van der Waals surface area contributed by atoms with E-state index in [-0.39, 0.29) is 0 Å². The molecule has 0 aromatic heterocycles. The molecule has 0 spiro atoms. The van der Waals surface area contributed by atoms with E-state index in [1.54, 1.807) is 18.9 Å². The van der Waals surface area contributed by atoms with Crippen LogP contribution < -0.4 is 10.1 Å². The maximum Gasteiger partial charge on any atom is 0.215 e. The molecule has 1 aromatic carbocycles. The SMILES string of the molecule is CCNC(=NCC1(c2ccc(OC)cc2)OCCO1)SC. The monoisotopic (exact) mass is 310 g/mol. The van der Waals surface area contributed by atoms with Gasteiger partial charge in [0.25, 0.3) is 0 Å². The normalized spacial score (nSPS) is 17.8. The predicted octanol–water partition coefficient (Wildman–Crippen LogP) is 2.22. The Morgan fingerprint density at radius 1 is 1.33 bits per heavy atom. The van der Waals surface area contributed by atoms with E-state index in [1.807, 2.05) is 37.4 Å². The first-order valence-corrected chi connectivity index (χ1v) is 8.21. The zero-order valence-electron chi connectivity index (χ0n) is 12.7. The van der Waals surface area contributed by atoms with E-state index in [0.29, 0.717) is 19.8 Å². The van der Waals surface area contributed by atoms with Crippen LogP contribution in [0.1, 0.15) is 12.5 Å². The summed E-state index contributed by atoms with van der Waals surface area (Å²) < 4.78 is 16.9. The lowest BCUT2D eigenvalue weighted by Gasteiger charge is -2.26. The van der Waals surface area contributed by atoms with Crippen molar-refractivity contribution in [1.82, 2.24) is 5.32 Å². The van der Waals surface area contributed by atoms with Gasteiger partial charge in [0, 0.05) is 12.1 Å². The van der Waals surface area contributed by atoms with Crippen molar-refractivity contribution in [2.24, 2.45) is 4.99 Å². The average molecular weight is 310 g/mol. The van der Waals surface area contributed by atoms with Crippen LogP contribution in [-0.4, -0.2) is 44.8 Å². The average Bonchev–Trinajstić information content (AvgIpc) is 3.01. The molecule has 0 radical (unpaired) electrons. The van der Waals surface area contributed by atoms with Crippen molar-refractivity contribution in [2.45, 2.75) is 12.7 Å². The summed E-state index contributed by atoms with van der Waals surface area (Å²) >= 11 is 1.59. The smallest absolute Gasteiger partial charge is 0.215 e. The number of hydrogen-bond acceptors (Lipinski definition) is 5. The molecule has 21 heavy (non-hydrogen) atoms. The summed E-state index contributed by atoms with van der Waals surface area (Å²) in [5.74, 6) is 0.0238. The highest BCUT2D eigenvalue weighted by atomic mass is 32.2. The predicted molar refractivity (Wildman–Crippen MR) is 86.1 cm³/mol. The summed E-state index contributed by atoms with van der Waals surface area (Å²) in [4.78, 5) is 4.59. The topological polar surface area (TPSA) is 52.1 Å². The maximum atomic E-state index is 5.87. The zero-order chi connectivity index (χ0) is 15.1. The highest BCUT2D eigenvalue weighted by molar-refractivity contribution is 8.13. The number of hydrogen-bond donors (Lipinski definition) is 1. The van der Waals surface area contributed by atoms with Crippen LogP contribution >= 0.6 is 11.8 Å². The number of nitrogens with zero attached hydrogens (tertiary/aromatic N) is 1. The molecule has 1 aromatic rings. The van der Waals surface area contributed by atoms with E-state index >= 15 is 0 Å². The molecule has 6 heteroatoms. The van der Waals surface area contributed by atoms with Crippen molar-refractivity contribution >= 4 is 16.9 Å². The number of methoxy groups -OCH3 is 1. The van der Waals surface area contributed by atoms with Crippen molar-refractivity contribution in [3.05, 3.63) is 29.8 Å². The van der Waals surface area contributed by atoms with Gasteiger partial charge in [0.1, 0.15) is 12.3 Å². The summed E-state index contributed by atoms with van der Waals surface area (Å²) in [6.45, 7) is 4.49. The fourth-order valence-corrected chi connectivity index (χ4v) is 2.65. The molecule has 0 unspecified atom stereocenters. The second-order valence-electron chi connectivity index (χ2n) is 4.53. The molecular formula is C15H22N2O3S. The van der Waals surface area contributed by atoms with Crippen LogP contribution in [0.15, 0.2) is 29.3 Å². The minimum atomic E-state index is -0.789. The first-order chi connectivity index (χ1) is 10.2. The van der Waals surface area contributed by atoms with Gasteiger partial charge in [0.2, 0.25) is 5.79 Å². The lowest BCUT2D eigenvalue weighted by molar-refractivity contribution is -0.156. The molecule has 1 saturated heterocycles. The van der Waals surface area contributed by atoms with Gasteiger partial charge in [-0.2, -0.15) is 0 Å². The highest BCUT2D eigenvalue weighted by Gasteiger charge is 2.38. The van der Waals surface area contributed by atoms with Crippen LogP contribution in [0, 0.1) is 0 Å². The molecular weight excluding hydrogens is 288 g/mol. The molecule has 2 rings (SSSR count). The minimum Gasteiger partial charge on any atom is -0.497 e. The van der Waals surface area contributed by atoms with Crippen molar-refractivity contribution in [3.8, 4) is 5.75 Å². The first kappa shape index (κ1) is 16.1. The number of aliphatic imine (C=N–C) groups is 1. The van der Waals surface area contributed by atoms with Crippen molar-refractivity contribution < 1.29 is 14.2 Å². The molecule has 0 bridgehead atoms. The Balaban J connectivity index is 2.19. The van der Waals surface area contributed by atoms with Crippen molar-refractivity contribution in [3.63, 3.8) is 0 Å². The summed E-state index contributed by atoms with van der Waals surface area (Å²) in [6.07, 6.45) is 2.00. The van der Waals surface area contributed by atoms with Crippen LogP contribution in [0.5, 0.6) is 5.75 Å². The minimum absolute atomic E-state index is 0.433. The van der Waals surface area contributed by atoms with Crippen molar-refractivity contribution in [2.75, 3.05) is 39.7 Å². The van der Waals surface area contributed by atoms with Crippen LogP contribution in [-0.2, 0) is 15.3 Å². The van der Waals surface area contributed by atoms with E-state index in [4.69, 9.17) is 14.2 Å². The van der Waals surface area contributed by atoms with Crippen LogP contribution in [0.3, 0.4) is 0 Å². The van der Waals surface area contributed by atoms with Crippen LogP contribution in [0.2, 0.25) is 0 Å². The molecule has 0 saturated carbocycles. The molecule has 0 amide bonds. The third kappa shape index (κ3) is 3.90. The van der Waals surface area contributed by atoms with Gasteiger partial charge in [-0.1, -0.05) is 11.8 Å². The van der Waals surface area contributed by atoms with Gasteiger partial charge in [-0.25, -0.2) is 0 Å². The molecule has 1 aliphatic rings. The van der Waals surface area contributed by atoms with Gasteiger partial charge in [-0.05, 0) is 37.4 Å². The number of nitrogens with one attached hydrogen (secondary N) is 1. The van der Waals surface area contributed by atoms with Gasteiger partial charge in [0.05, 0.1) is 20.3 Å². The quantitative estimate of drug-likeness (QED) is 0.667. The second-order valence-corrected chi connectivity index (χ2v) is 5.33. The van der Waals surface area contributed by atoms with Crippen LogP contribution in [0.4, 0.5) is 0 Å². The summed E-state index contributed by atoms with van der Waals surface area (Å²) in [7, 11) is 1.65. The van der Waals surface area contributed by atoms with Crippen molar-refractivity contribution in [1.29, 1.82) is 0 Å². The van der Waals surface area contributed by atoms with Gasteiger partial charge < -0.3 is 19.5 Å². The van der Waals surface area contributed by atoms with Gasteiger partial charge in [-0.15, -0.1) is 0 Å². The Hall–Kier alpha value is -1.24. The standard InChI is InChI=1S/C15H22N2O3S/c1-4-16-14(21-3)17-11-15(19-9-10-20-15)12-5-7-13(18-2)8-6-12/h5-8H,4,9-11H2,1-3H3,(H,16,17). The first-order valence-electron chi connectivity index (χ1n) is 6.99. The molecule has 0 aliphatic carbocycles. The highest BCUT2D eigenvalue weighted by Crippen LogP contribution is 2.33. The summed E-state index contributed by atoms with van der Waals surface area (Å²) in [6, 6.07) is 7.74. The number of benzene rings is 1. The van der Waals surface area contributed by atoms with E-state index in [2.05, 4.69) is 10.3 Å². The maximum absolute atomic E-state index is 5.87. The largest absolute Gasteiger partial charge is 0.497 e. The number of thioether (sulfide) groups is 1. The van der Waals surface area contributed by atoms with E-state index in [1.165, 1.54) is 0 Å². The Labute approximate surface area is 130 Å². The molecule has 1 N–H and O–H groups in total. The molecule has 5 nitrogen and oxygen atoms in total. The third-order valence-electron chi connectivity index (χ3n) is 3.24. The van der Waals surface area contributed by atoms with Gasteiger partial charge >= 0.3 is 0 Å². The molecule has 1 heterocycles. The van der Waals surface area contributed by atoms with E-state index in [9.17, 15) is 0 Å². The molecule has 116 valence electrons. The third-order valence-corrected chi connectivity index (χ3v) is 3.90. The number of ether oxygens (including phenoxy) is 3. The lowest BCUT2D eigenvalue weighted by atomic mass is 10.1. The Morgan fingerprint density at radius 3 is 2.52 bits per heavy atom. The fourth-order valence-electron chi connectivity index (χ4n) is 2.17. The van der Waals surface area contributed by atoms with Crippen LogP contribution in [0.25, 0.3) is 0 Å². The Bertz CT molecular complexity index is 470. The van der Waals surface area contributed by atoms with E-state index in [0.717, 1.165) is 23.0 Å². The number of amidine groups is 1. The number of rotatable bonds is 5. The second kappa shape index (κ2) is 7.68. The Morgan fingerprint density at radius 2 is 2.00 bits per heavy atom. The lowest BCUT2D eigenvalue weighted by Crippen LogP contribution is -2.32. The zero-order valence-corrected chi connectivity index (χ0v) is 13.5. The molecule has 0 atom stereocenters. The van der Waals surface area contributed by atoms with Gasteiger partial charge in [-0.3, -0.25) is 4.99 Å². The van der Waals surface area contributed by atoms with Gasteiger partial charge in [0.15, 0.2) is 5.17 Å². The van der Waals surface area contributed by atoms with E-state index < -0.39 is 5.79 Å². The summed E-state index contributed by atoms with van der Waals surface area (Å²) in [5.41, 5.74) is 0.960.